The quantitative estimate of drug-likeness (QED) is 0.757. The van der Waals surface area contributed by atoms with E-state index in [0.29, 0.717) is 5.15 Å². The molecular formula is C13H20ClN3. The van der Waals surface area contributed by atoms with Crippen LogP contribution < -0.4 is 4.90 Å². The molecule has 0 saturated carbocycles. The highest BCUT2D eigenvalue weighted by Crippen LogP contribution is 2.25. The third-order valence-corrected chi connectivity index (χ3v) is 3.70. The molecule has 1 saturated heterocycles. The van der Waals surface area contributed by atoms with E-state index in [-0.39, 0.29) is 0 Å². The molecule has 4 heteroatoms. The van der Waals surface area contributed by atoms with E-state index in [2.05, 4.69) is 21.8 Å². The van der Waals surface area contributed by atoms with Crippen molar-refractivity contribution in [2.24, 2.45) is 0 Å². The Bertz CT molecular complexity index is 384. The summed E-state index contributed by atoms with van der Waals surface area (Å²) in [6.07, 6.45) is 6.00. The van der Waals surface area contributed by atoms with Crippen LogP contribution in [0.4, 0.5) is 5.82 Å². The van der Waals surface area contributed by atoms with Gasteiger partial charge in [0.15, 0.2) is 0 Å². The van der Waals surface area contributed by atoms with E-state index in [9.17, 15) is 0 Å². The largest absolute Gasteiger partial charge is 0.356 e. The number of aryl methyl sites for hydroxylation is 1. The monoisotopic (exact) mass is 253 g/mol. The van der Waals surface area contributed by atoms with Crippen LogP contribution in [0.2, 0.25) is 5.15 Å². The molecule has 0 aliphatic carbocycles. The highest BCUT2D eigenvalue weighted by atomic mass is 35.5. The molecule has 0 radical (unpaired) electrons. The van der Waals surface area contributed by atoms with Crippen LogP contribution in [0.1, 0.15) is 44.0 Å². The second-order valence-electron chi connectivity index (χ2n) is 4.63. The van der Waals surface area contributed by atoms with E-state index in [1.165, 1.54) is 25.7 Å². The Morgan fingerprint density at radius 1 is 1.12 bits per heavy atom. The fraction of sp³-hybridized carbons (Fsp3) is 0.692. The maximum absolute atomic E-state index is 6.18. The topological polar surface area (TPSA) is 29.0 Å². The third-order valence-electron chi connectivity index (χ3n) is 3.33. The molecule has 1 fully saturated rings. The number of aromatic nitrogens is 2. The standard InChI is InChI=1S/C13H20ClN3/c1-3-11-15-12(14)10(2)13(16-11)17-8-6-4-5-7-9-17/h3-9H2,1-2H3. The summed E-state index contributed by atoms with van der Waals surface area (Å²) in [5.74, 6) is 1.89. The molecule has 0 spiro atoms. The molecule has 2 heterocycles. The van der Waals surface area contributed by atoms with Crippen LogP contribution in [0.25, 0.3) is 0 Å². The average Bonchev–Trinajstić information content (AvgIpc) is 2.61. The molecule has 1 aromatic heterocycles. The molecule has 1 aliphatic heterocycles. The SMILES string of the molecule is CCc1nc(Cl)c(C)c(N2CCCCCC2)n1. The van der Waals surface area contributed by atoms with Crippen molar-refractivity contribution in [1.82, 2.24) is 9.97 Å². The number of nitrogens with zero attached hydrogens (tertiary/aromatic N) is 3. The Balaban J connectivity index is 2.31. The van der Waals surface area contributed by atoms with Gasteiger partial charge in [-0.2, -0.15) is 0 Å². The minimum Gasteiger partial charge on any atom is -0.356 e. The van der Waals surface area contributed by atoms with Crippen molar-refractivity contribution in [3.05, 3.63) is 16.5 Å². The lowest BCUT2D eigenvalue weighted by Crippen LogP contribution is -2.26. The van der Waals surface area contributed by atoms with Gasteiger partial charge in [0.2, 0.25) is 0 Å². The first kappa shape index (κ1) is 12.6. The smallest absolute Gasteiger partial charge is 0.137 e. The van der Waals surface area contributed by atoms with Gasteiger partial charge in [-0.25, -0.2) is 9.97 Å². The lowest BCUT2D eigenvalue weighted by molar-refractivity contribution is 0.726. The van der Waals surface area contributed by atoms with Crippen molar-refractivity contribution in [2.75, 3.05) is 18.0 Å². The number of halogens is 1. The zero-order valence-corrected chi connectivity index (χ0v) is 11.4. The van der Waals surface area contributed by atoms with Crippen LogP contribution >= 0.6 is 11.6 Å². The van der Waals surface area contributed by atoms with Gasteiger partial charge in [0.05, 0.1) is 0 Å². The molecule has 1 aromatic rings. The summed E-state index contributed by atoms with van der Waals surface area (Å²) in [6.45, 7) is 6.27. The molecule has 94 valence electrons. The van der Waals surface area contributed by atoms with Crippen molar-refractivity contribution in [3.63, 3.8) is 0 Å². The Kier molecular flexibility index (Phi) is 4.21. The summed E-state index contributed by atoms with van der Waals surface area (Å²) in [7, 11) is 0. The molecule has 0 amide bonds. The zero-order chi connectivity index (χ0) is 12.3. The van der Waals surface area contributed by atoms with Crippen LogP contribution in [0.5, 0.6) is 0 Å². The fourth-order valence-corrected chi connectivity index (χ4v) is 2.45. The van der Waals surface area contributed by atoms with Crippen molar-refractivity contribution < 1.29 is 0 Å². The summed E-state index contributed by atoms with van der Waals surface area (Å²) in [4.78, 5) is 11.3. The summed E-state index contributed by atoms with van der Waals surface area (Å²) >= 11 is 6.18. The van der Waals surface area contributed by atoms with Gasteiger partial charge >= 0.3 is 0 Å². The molecule has 0 atom stereocenters. The molecular weight excluding hydrogens is 234 g/mol. The first-order chi connectivity index (χ1) is 8.22. The maximum Gasteiger partial charge on any atom is 0.137 e. The van der Waals surface area contributed by atoms with Crippen LogP contribution in [0.3, 0.4) is 0 Å². The van der Waals surface area contributed by atoms with E-state index in [1.807, 2.05) is 6.92 Å². The predicted octanol–water partition coefficient (Wildman–Crippen LogP) is 3.38. The van der Waals surface area contributed by atoms with E-state index < -0.39 is 0 Å². The molecule has 1 aliphatic rings. The summed E-state index contributed by atoms with van der Waals surface area (Å²) in [6, 6.07) is 0. The Morgan fingerprint density at radius 3 is 2.35 bits per heavy atom. The first-order valence-corrected chi connectivity index (χ1v) is 6.88. The van der Waals surface area contributed by atoms with E-state index in [4.69, 9.17) is 11.6 Å². The van der Waals surface area contributed by atoms with Gasteiger partial charge < -0.3 is 4.90 Å². The van der Waals surface area contributed by atoms with E-state index >= 15 is 0 Å². The minimum absolute atomic E-state index is 0.607. The van der Waals surface area contributed by atoms with Crippen LogP contribution in [-0.4, -0.2) is 23.1 Å². The van der Waals surface area contributed by atoms with E-state index in [0.717, 1.165) is 36.7 Å². The Labute approximate surface area is 108 Å². The number of hydrogen-bond acceptors (Lipinski definition) is 3. The maximum atomic E-state index is 6.18. The molecule has 2 rings (SSSR count). The predicted molar refractivity (Wildman–Crippen MR) is 71.8 cm³/mol. The number of rotatable bonds is 2. The lowest BCUT2D eigenvalue weighted by atomic mass is 10.2. The van der Waals surface area contributed by atoms with Crippen LogP contribution in [0, 0.1) is 6.92 Å². The van der Waals surface area contributed by atoms with Gasteiger partial charge in [-0.3, -0.25) is 0 Å². The van der Waals surface area contributed by atoms with Crippen molar-refractivity contribution in [3.8, 4) is 0 Å². The van der Waals surface area contributed by atoms with Gasteiger partial charge in [-0.15, -0.1) is 0 Å². The second-order valence-corrected chi connectivity index (χ2v) is 4.99. The van der Waals surface area contributed by atoms with Gasteiger partial charge in [0.1, 0.15) is 16.8 Å². The van der Waals surface area contributed by atoms with Crippen LogP contribution in [0.15, 0.2) is 0 Å². The van der Waals surface area contributed by atoms with Gasteiger partial charge in [-0.1, -0.05) is 31.4 Å². The van der Waals surface area contributed by atoms with Gasteiger partial charge in [0, 0.05) is 25.1 Å². The Morgan fingerprint density at radius 2 is 1.76 bits per heavy atom. The lowest BCUT2D eigenvalue weighted by Gasteiger charge is -2.23. The third kappa shape index (κ3) is 2.89. The zero-order valence-electron chi connectivity index (χ0n) is 10.7. The van der Waals surface area contributed by atoms with Gasteiger partial charge in [-0.05, 0) is 19.8 Å². The normalized spacial score (nSPS) is 17.0. The molecule has 0 N–H and O–H groups in total. The highest BCUT2D eigenvalue weighted by molar-refractivity contribution is 6.30. The van der Waals surface area contributed by atoms with Crippen molar-refractivity contribution in [2.45, 2.75) is 46.0 Å². The average molecular weight is 254 g/mol. The van der Waals surface area contributed by atoms with Crippen molar-refractivity contribution in [1.29, 1.82) is 0 Å². The summed E-state index contributed by atoms with van der Waals surface area (Å²) in [5, 5.41) is 0.607. The molecule has 0 aromatic carbocycles. The summed E-state index contributed by atoms with van der Waals surface area (Å²) < 4.78 is 0. The molecule has 17 heavy (non-hydrogen) atoms. The van der Waals surface area contributed by atoms with Crippen LogP contribution in [-0.2, 0) is 6.42 Å². The fourth-order valence-electron chi connectivity index (χ4n) is 2.27. The summed E-state index contributed by atoms with van der Waals surface area (Å²) in [5.41, 5.74) is 1.02. The minimum atomic E-state index is 0.607. The Hall–Kier alpha value is -0.830. The first-order valence-electron chi connectivity index (χ1n) is 6.50. The molecule has 0 unspecified atom stereocenters. The van der Waals surface area contributed by atoms with Crippen molar-refractivity contribution >= 4 is 17.4 Å². The molecule has 0 bridgehead atoms. The molecule has 3 nitrogen and oxygen atoms in total. The van der Waals surface area contributed by atoms with E-state index in [1.54, 1.807) is 0 Å². The number of anilines is 1. The second kappa shape index (κ2) is 5.67. The highest BCUT2D eigenvalue weighted by Gasteiger charge is 2.16. The van der Waals surface area contributed by atoms with Gasteiger partial charge in [0.25, 0.3) is 0 Å². The number of hydrogen-bond donors (Lipinski definition) is 0.